The van der Waals surface area contributed by atoms with Gasteiger partial charge in [-0.2, -0.15) is 0 Å². The number of rotatable bonds is 4. The average molecular weight is 527 g/mol. The number of benzene rings is 2. The van der Waals surface area contributed by atoms with E-state index in [-0.39, 0.29) is 36.4 Å². The van der Waals surface area contributed by atoms with Gasteiger partial charge >= 0.3 is 6.36 Å². The van der Waals surface area contributed by atoms with Crippen LogP contribution in [0.15, 0.2) is 77.9 Å². The number of ether oxygens (including phenoxy) is 2. The number of aromatic amines is 1. The Bertz CT molecular complexity index is 1520. The van der Waals surface area contributed by atoms with E-state index in [4.69, 9.17) is 14.6 Å². The Kier molecular flexibility index (Phi) is 7.33. The summed E-state index contributed by atoms with van der Waals surface area (Å²) in [5.41, 5.74) is -0.388. The monoisotopic (exact) mass is 527 g/mol. The van der Waals surface area contributed by atoms with E-state index in [2.05, 4.69) is 20.0 Å². The number of carbonyl (C=O) groups is 2. The van der Waals surface area contributed by atoms with Crippen molar-refractivity contribution in [2.75, 3.05) is 6.61 Å². The molecule has 1 unspecified atom stereocenters. The zero-order chi connectivity index (χ0) is 27.3. The summed E-state index contributed by atoms with van der Waals surface area (Å²) in [6, 6.07) is 15.4. The molecule has 0 fully saturated rings. The maximum atomic E-state index is 13.6. The number of carboxylic acid groups (broad SMARTS) is 1. The van der Waals surface area contributed by atoms with Crippen LogP contribution in [0.2, 0.25) is 0 Å². The Balaban J connectivity index is 0.00000107. The summed E-state index contributed by atoms with van der Waals surface area (Å²) in [5.74, 6) is -0.435. The maximum Gasteiger partial charge on any atom is 0.573 e. The molecule has 0 spiro atoms. The number of aromatic nitrogens is 2. The molecule has 2 aromatic heterocycles. The third kappa shape index (κ3) is 5.28. The number of halogens is 3. The molecule has 3 N–H and O–H groups in total. The number of pyridine rings is 2. The second-order valence-electron chi connectivity index (χ2n) is 8.06. The van der Waals surface area contributed by atoms with E-state index in [0.717, 1.165) is 0 Å². The largest absolute Gasteiger partial charge is 0.573 e. The highest BCUT2D eigenvalue weighted by Crippen LogP contribution is 2.41. The number of nitrogens with one attached hydrogen (secondary N) is 2. The van der Waals surface area contributed by atoms with Gasteiger partial charge in [0.25, 0.3) is 17.9 Å². The van der Waals surface area contributed by atoms with E-state index in [1.54, 1.807) is 42.6 Å². The van der Waals surface area contributed by atoms with Crippen molar-refractivity contribution < 1.29 is 37.3 Å². The van der Waals surface area contributed by atoms with Gasteiger partial charge in [0.1, 0.15) is 22.7 Å². The van der Waals surface area contributed by atoms with Gasteiger partial charge in [0.05, 0.1) is 12.2 Å². The molecular formula is C26H20F3N3O6. The first-order valence-electron chi connectivity index (χ1n) is 11.1. The SMILES string of the molecule is O=C(NC1(c2ccc(OC(F)(F)F)cc2)CCOc2cccnc21)c1c[nH]c(=O)c2ccccc12.O=CO. The highest BCUT2D eigenvalue weighted by molar-refractivity contribution is 6.06. The summed E-state index contributed by atoms with van der Waals surface area (Å²) in [6.45, 7) is -0.0217. The highest BCUT2D eigenvalue weighted by atomic mass is 19.4. The molecule has 5 rings (SSSR count). The maximum absolute atomic E-state index is 13.6. The van der Waals surface area contributed by atoms with E-state index in [1.165, 1.54) is 30.5 Å². The number of fused-ring (bicyclic) bond motifs is 2. The van der Waals surface area contributed by atoms with Gasteiger partial charge in [-0.05, 0) is 35.9 Å². The molecule has 1 atom stereocenters. The van der Waals surface area contributed by atoms with Gasteiger partial charge in [0, 0.05) is 29.6 Å². The number of alkyl halides is 3. The predicted octanol–water partition coefficient (Wildman–Crippen LogP) is 3.98. The molecule has 12 heteroatoms. The van der Waals surface area contributed by atoms with Gasteiger partial charge in [-0.1, -0.05) is 30.3 Å². The van der Waals surface area contributed by atoms with Crippen LogP contribution in [0.3, 0.4) is 0 Å². The first kappa shape index (κ1) is 26.2. The summed E-state index contributed by atoms with van der Waals surface area (Å²) < 4.78 is 47.7. The molecule has 9 nitrogen and oxygen atoms in total. The zero-order valence-electron chi connectivity index (χ0n) is 19.5. The first-order valence-corrected chi connectivity index (χ1v) is 11.1. The molecule has 2 aromatic carbocycles. The van der Waals surface area contributed by atoms with Crippen LogP contribution in [-0.4, -0.2) is 40.4 Å². The molecule has 1 amide bonds. The van der Waals surface area contributed by atoms with Crippen molar-refractivity contribution >= 4 is 23.2 Å². The van der Waals surface area contributed by atoms with Crippen LogP contribution in [-0.2, 0) is 10.3 Å². The van der Waals surface area contributed by atoms with Gasteiger partial charge in [-0.3, -0.25) is 19.4 Å². The van der Waals surface area contributed by atoms with Gasteiger partial charge in [0.2, 0.25) is 0 Å². The number of hydrogen-bond donors (Lipinski definition) is 3. The van der Waals surface area contributed by atoms with Crippen LogP contribution in [0.5, 0.6) is 11.5 Å². The summed E-state index contributed by atoms with van der Waals surface area (Å²) in [5, 5.41) is 10.7. The van der Waals surface area contributed by atoms with E-state index in [9.17, 15) is 22.8 Å². The summed E-state index contributed by atoms with van der Waals surface area (Å²) in [7, 11) is 0. The smallest absolute Gasteiger partial charge is 0.491 e. The quantitative estimate of drug-likeness (QED) is 0.342. The summed E-state index contributed by atoms with van der Waals surface area (Å²) in [4.78, 5) is 41.2. The molecule has 0 saturated heterocycles. The lowest BCUT2D eigenvalue weighted by Crippen LogP contribution is -2.50. The first-order chi connectivity index (χ1) is 18.2. The number of carbonyl (C=O) groups excluding carboxylic acids is 1. The molecule has 38 heavy (non-hydrogen) atoms. The van der Waals surface area contributed by atoms with Gasteiger partial charge in [-0.15, -0.1) is 13.2 Å². The molecular weight excluding hydrogens is 507 g/mol. The number of hydrogen-bond acceptors (Lipinski definition) is 6. The number of nitrogens with zero attached hydrogens (tertiary/aromatic N) is 1. The Morgan fingerprint density at radius 3 is 2.47 bits per heavy atom. The van der Waals surface area contributed by atoms with Crippen molar-refractivity contribution in [3.63, 3.8) is 0 Å². The lowest BCUT2D eigenvalue weighted by atomic mass is 9.81. The molecule has 3 heterocycles. The second-order valence-corrected chi connectivity index (χ2v) is 8.06. The topological polar surface area (TPSA) is 131 Å². The van der Waals surface area contributed by atoms with Crippen molar-refractivity contribution in [3.8, 4) is 11.5 Å². The van der Waals surface area contributed by atoms with Gasteiger partial charge in [-0.25, -0.2) is 0 Å². The van der Waals surface area contributed by atoms with Crippen molar-refractivity contribution in [1.82, 2.24) is 15.3 Å². The number of H-pyrrole nitrogens is 1. The predicted molar refractivity (Wildman–Crippen MR) is 129 cm³/mol. The van der Waals surface area contributed by atoms with Crippen LogP contribution in [0.4, 0.5) is 13.2 Å². The van der Waals surface area contributed by atoms with Crippen LogP contribution >= 0.6 is 0 Å². The Labute approximate surface area is 212 Å². The Hall–Kier alpha value is -4.87. The second kappa shape index (κ2) is 10.6. The molecule has 196 valence electrons. The van der Waals surface area contributed by atoms with Crippen molar-refractivity contribution in [1.29, 1.82) is 0 Å². The third-order valence-corrected chi connectivity index (χ3v) is 5.87. The van der Waals surface area contributed by atoms with Crippen LogP contribution < -0.4 is 20.3 Å². The van der Waals surface area contributed by atoms with Crippen molar-refractivity contribution in [3.05, 3.63) is 100 Å². The molecule has 0 bridgehead atoms. The fourth-order valence-electron chi connectivity index (χ4n) is 4.33. The fourth-order valence-corrected chi connectivity index (χ4v) is 4.33. The van der Waals surface area contributed by atoms with Crippen LogP contribution in [0.1, 0.15) is 28.0 Å². The Morgan fingerprint density at radius 2 is 1.79 bits per heavy atom. The molecule has 0 aliphatic carbocycles. The molecule has 0 radical (unpaired) electrons. The number of amides is 1. The molecule has 1 aliphatic heterocycles. The van der Waals surface area contributed by atoms with Crippen molar-refractivity contribution in [2.45, 2.75) is 18.3 Å². The lowest BCUT2D eigenvalue weighted by molar-refractivity contribution is -0.274. The normalized spacial score (nSPS) is 16.3. The van der Waals surface area contributed by atoms with Crippen molar-refractivity contribution in [2.24, 2.45) is 0 Å². The summed E-state index contributed by atoms with van der Waals surface area (Å²) >= 11 is 0. The van der Waals surface area contributed by atoms with E-state index < -0.39 is 17.8 Å². The average Bonchev–Trinajstić information content (AvgIpc) is 2.89. The standard InChI is InChI=1S/C25H18F3N3O4.CH2O2/c26-25(27,28)35-16-9-7-15(8-10-16)24(11-13-34-20-6-3-12-29-21(20)24)31-23(33)19-14-30-22(32)18-5-2-1-4-17(18)19;2-1-3/h1-10,12,14H,11,13H2,(H,30,32)(H,31,33);1H,(H,2,3). The fraction of sp³-hybridized carbons (Fsp3) is 0.154. The minimum absolute atomic E-state index is 0.228. The highest BCUT2D eigenvalue weighted by Gasteiger charge is 2.43. The Morgan fingerprint density at radius 1 is 1.11 bits per heavy atom. The third-order valence-electron chi connectivity index (χ3n) is 5.87. The van der Waals surface area contributed by atoms with E-state index in [0.29, 0.717) is 27.8 Å². The van der Waals surface area contributed by atoms with Crippen LogP contribution in [0, 0.1) is 0 Å². The van der Waals surface area contributed by atoms with Gasteiger partial charge in [0.15, 0.2) is 0 Å². The van der Waals surface area contributed by atoms with E-state index in [1.807, 2.05) is 0 Å². The molecule has 1 aliphatic rings. The minimum atomic E-state index is -4.83. The molecule has 0 saturated carbocycles. The molecule has 4 aromatic rings. The zero-order valence-corrected chi connectivity index (χ0v) is 19.5. The van der Waals surface area contributed by atoms with Gasteiger partial charge < -0.3 is 24.9 Å². The van der Waals surface area contributed by atoms with E-state index >= 15 is 0 Å². The summed E-state index contributed by atoms with van der Waals surface area (Å²) in [6.07, 6.45) is -1.67. The lowest BCUT2D eigenvalue weighted by Gasteiger charge is -2.39. The minimum Gasteiger partial charge on any atom is -0.491 e. The van der Waals surface area contributed by atoms with Crippen LogP contribution in [0.25, 0.3) is 10.8 Å².